The number of hydrogen-bond acceptors (Lipinski definition) is 5. The third-order valence-electron chi connectivity index (χ3n) is 5.56. The van der Waals surface area contributed by atoms with Crippen LogP contribution in [0.25, 0.3) is 0 Å². The fraction of sp³-hybridized carbons (Fsp3) is 0.409. The van der Waals surface area contributed by atoms with Gasteiger partial charge in [0, 0.05) is 18.8 Å². The molecule has 0 aromatic heterocycles. The average Bonchev–Trinajstić information content (AvgIpc) is 3.22. The molecule has 0 atom stereocenters. The Morgan fingerprint density at radius 1 is 1.10 bits per heavy atom. The van der Waals surface area contributed by atoms with Gasteiger partial charge in [0.2, 0.25) is 15.9 Å². The van der Waals surface area contributed by atoms with E-state index in [1.54, 1.807) is 12.1 Å². The van der Waals surface area contributed by atoms with Crippen LogP contribution in [-0.2, 0) is 38.8 Å². The standard InChI is InChI=1S/C22H26N2O5S/c1-28-20-8-7-19(15-21(20)30(26,27)24-9-11-29-12-10-24)23-22(25)14-16-5-6-17-3-2-4-18(17)13-16/h5-8,13,15H,2-4,9-12,14H2,1H3,(H,23,25). The number of aryl methyl sites for hydroxylation is 2. The Labute approximate surface area is 177 Å². The van der Waals surface area contributed by atoms with Gasteiger partial charge < -0.3 is 14.8 Å². The lowest BCUT2D eigenvalue weighted by Gasteiger charge is -2.26. The molecule has 1 aliphatic heterocycles. The predicted molar refractivity (Wildman–Crippen MR) is 113 cm³/mol. The van der Waals surface area contributed by atoms with Crippen LogP contribution in [0.2, 0.25) is 0 Å². The van der Waals surface area contributed by atoms with Crippen LogP contribution in [-0.4, -0.2) is 52.0 Å². The molecule has 0 bridgehead atoms. The van der Waals surface area contributed by atoms with Gasteiger partial charge in [0.15, 0.2) is 0 Å². The molecular formula is C22H26N2O5S. The van der Waals surface area contributed by atoms with Gasteiger partial charge in [0.25, 0.3) is 0 Å². The maximum absolute atomic E-state index is 13.1. The Morgan fingerprint density at radius 3 is 2.63 bits per heavy atom. The number of anilines is 1. The van der Waals surface area contributed by atoms with Gasteiger partial charge in [-0.1, -0.05) is 18.2 Å². The molecule has 0 spiro atoms. The first-order chi connectivity index (χ1) is 14.5. The second kappa shape index (κ2) is 8.75. The summed E-state index contributed by atoms with van der Waals surface area (Å²) in [5.74, 6) is 0.0611. The largest absolute Gasteiger partial charge is 0.495 e. The van der Waals surface area contributed by atoms with Crippen LogP contribution in [0.3, 0.4) is 0 Å². The zero-order valence-corrected chi connectivity index (χ0v) is 17.8. The highest BCUT2D eigenvalue weighted by atomic mass is 32.2. The van der Waals surface area contributed by atoms with Crippen molar-refractivity contribution in [2.75, 3.05) is 38.7 Å². The summed E-state index contributed by atoms with van der Waals surface area (Å²) in [4.78, 5) is 12.6. The van der Waals surface area contributed by atoms with Crippen molar-refractivity contribution in [2.45, 2.75) is 30.6 Å². The molecular weight excluding hydrogens is 404 g/mol. The van der Waals surface area contributed by atoms with E-state index in [4.69, 9.17) is 9.47 Å². The lowest BCUT2D eigenvalue weighted by Crippen LogP contribution is -2.40. The quantitative estimate of drug-likeness (QED) is 0.761. The Kier molecular flexibility index (Phi) is 6.08. The first-order valence-corrected chi connectivity index (χ1v) is 11.6. The van der Waals surface area contributed by atoms with E-state index >= 15 is 0 Å². The van der Waals surface area contributed by atoms with Crippen molar-refractivity contribution in [1.29, 1.82) is 0 Å². The normalized spacial score (nSPS) is 16.8. The highest BCUT2D eigenvalue weighted by Gasteiger charge is 2.29. The van der Waals surface area contributed by atoms with Crippen molar-refractivity contribution < 1.29 is 22.7 Å². The summed E-state index contributed by atoms with van der Waals surface area (Å²) in [5, 5.41) is 2.82. The van der Waals surface area contributed by atoms with Crippen LogP contribution in [0, 0.1) is 0 Å². The molecule has 1 heterocycles. The molecule has 1 N–H and O–H groups in total. The van der Waals surface area contributed by atoms with E-state index in [0.717, 1.165) is 24.8 Å². The monoisotopic (exact) mass is 430 g/mol. The van der Waals surface area contributed by atoms with E-state index < -0.39 is 10.0 Å². The molecule has 1 amide bonds. The number of nitrogens with zero attached hydrogens (tertiary/aromatic N) is 1. The Balaban J connectivity index is 1.51. The Bertz CT molecular complexity index is 1050. The minimum absolute atomic E-state index is 0.0437. The molecule has 1 aliphatic carbocycles. The number of ether oxygens (including phenoxy) is 2. The zero-order valence-electron chi connectivity index (χ0n) is 17.0. The summed E-state index contributed by atoms with van der Waals surface area (Å²) in [5.41, 5.74) is 4.08. The molecule has 2 aliphatic rings. The van der Waals surface area contributed by atoms with E-state index in [2.05, 4.69) is 17.4 Å². The number of methoxy groups -OCH3 is 1. The van der Waals surface area contributed by atoms with Gasteiger partial charge in [-0.05, 0) is 54.2 Å². The molecule has 0 radical (unpaired) electrons. The van der Waals surface area contributed by atoms with Gasteiger partial charge in [0.05, 0.1) is 26.7 Å². The summed E-state index contributed by atoms with van der Waals surface area (Å²) in [6, 6.07) is 10.9. The second-order valence-corrected chi connectivity index (χ2v) is 9.47. The molecule has 7 nitrogen and oxygen atoms in total. The molecule has 0 unspecified atom stereocenters. The summed E-state index contributed by atoms with van der Waals surface area (Å²) in [6.45, 7) is 1.30. The summed E-state index contributed by atoms with van der Waals surface area (Å²) in [7, 11) is -2.32. The highest BCUT2D eigenvalue weighted by Crippen LogP contribution is 2.30. The van der Waals surface area contributed by atoms with Gasteiger partial charge in [0.1, 0.15) is 10.6 Å². The molecule has 1 fully saturated rings. The Morgan fingerprint density at radius 2 is 1.87 bits per heavy atom. The van der Waals surface area contributed by atoms with E-state index in [1.807, 2.05) is 6.07 Å². The molecule has 1 saturated heterocycles. The number of sulfonamides is 1. The maximum Gasteiger partial charge on any atom is 0.246 e. The first kappa shape index (κ1) is 20.8. The number of rotatable bonds is 6. The SMILES string of the molecule is COc1ccc(NC(=O)Cc2ccc3c(c2)CCC3)cc1S(=O)(=O)N1CCOCC1. The van der Waals surface area contributed by atoms with E-state index in [9.17, 15) is 13.2 Å². The van der Waals surface area contributed by atoms with Crippen LogP contribution < -0.4 is 10.1 Å². The zero-order chi connectivity index (χ0) is 21.1. The molecule has 4 rings (SSSR count). The van der Waals surface area contributed by atoms with Crippen LogP contribution in [0.5, 0.6) is 5.75 Å². The third-order valence-corrected chi connectivity index (χ3v) is 7.48. The Hall–Kier alpha value is -2.42. The van der Waals surface area contributed by atoms with Crippen molar-refractivity contribution in [2.24, 2.45) is 0 Å². The molecule has 160 valence electrons. The molecule has 2 aromatic carbocycles. The van der Waals surface area contributed by atoms with Crippen LogP contribution in [0.4, 0.5) is 5.69 Å². The average molecular weight is 431 g/mol. The van der Waals surface area contributed by atoms with Crippen molar-refractivity contribution in [1.82, 2.24) is 4.31 Å². The number of hydrogen-bond donors (Lipinski definition) is 1. The fourth-order valence-electron chi connectivity index (χ4n) is 4.01. The van der Waals surface area contributed by atoms with Crippen molar-refractivity contribution in [3.05, 3.63) is 53.1 Å². The van der Waals surface area contributed by atoms with E-state index in [0.29, 0.717) is 32.0 Å². The number of benzene rings is 2. The number of morpholine rings is 1. The van der Waals surface area contributed by atoms with Gasteiger partial charge >= 0.3 is 0 Å². The number of carbonyl (C=O) groups is 1. The summed E-state index contributed by atoms with van der Waals surface area (Å²) in [6.07, 6.45) is 3.57. The smallest absolute Gasteiger partial charge is 0.246 e. The topological polar surface area (TPSA) is 84.9 Å². The molecule has 0 saturated carbocycles. The minimum atomic E-state index is -3.75. The first-order valence-electron chi connectivity index (χ1n) is 10.1. The summed E-state index contributed by atoms with van der Waals surface area (Å²) < 4.78 is 38.1. The summed E-state index contributed by atoms with van der Waals surface area (Å²) >= 11 is 0. The third kappa shape index (κ3) is 4.35. The molecule has 8 heteroatoms. The number of carbonyl (C=O) groups excluding carboxylic acids is 1. The van der Waals surface area contributed by atoms with E-state index in [-0.39, 0.29) is 23.0 Å². The van der Waals surface area contributed by atoms with Gasteiger partial charge in [-0.25, -0.2) is 8.42 Å². The lowest BCUT2D eigenvalue weighted by atomic mass is 10.0. The molecule has 2 aromatic rings. The van der Waals surface area contributed by atoms with Gasteiger partial charge in [-0.3, -0.25) is 4.79 Å². The van der Waals surface area contributed by atoms with Crippen LogP contribution in [0.15, 0.2) is 41.3 Å². The van der Waals surface area contributed by atoms with Crippen molar-refractivity contribution in [3.63, 3.8) is 0 Å². The van der Waals surface area contributed by atoms with Gasteiger partial charge in [-0.2, -0.15) is 4.31 Å². The highest BCUT2D eigenvalue weighted by molar-refractivity contribution is 7.89. The minimum Gasteiger partial charge on any atom is -0.495 e. The van der Waals surface area contributed by atoms with Crippen molar-refractivity contribution in [3.8, 4) is 5.75 Å². The maximum atomic E-state index is 13.1. The number of fused-ring (bicyclic) bond motifs is 1. The number of amides is 1. The lowest BCUT2D eigenvalue weighted by molar-refractivity contribution is -0.115. The number of nitrogens with one attached hydrogen (secondary N) is 1. The van der Waals surface area contributed by atoms with Crippen molar-refractivity contribution >= 4 is 21.6 Å². The van der Waals surface area contributed by atoms with Crippen LogP contribution in [0.1, 0.15) is 23.1 Å². The van der Waals surface area contributed by atoms with Crippen LogP contribution >= 0.6 is 0 Å². The second-order valence-electron chi connectivity index (χ2n) is 7.56. The van der Waals surface area contributed by atoms with E-state index in [1.165, 1.54) is 28.6 Å². The molecule has 30 heavy (non-hydrogen) atoms. The fourth-order valence-corrected chi connectivity index (χ4v) is 5.60. The predicted octanol–water partition coefficient (Wildman–Crippen LogP) is 2.39. The van der Waals surface area contributed by atoms with Gasteiger partial charge in [-0.15, -0.1) is 0 Å².